The molecule has 2 heterocycles. The molecule has 9 heteroatoms. The van der Waals surface area contributed by atoms with Gasteiger partial charge in [0.1, 0.15) is 0 Å². The lowest BCUT2D eigenvalue weighted by Gasteiger charge is -2.38. The van der Waals surface area contributed by atoms with Crippen LogP contribution in [-0.4, -0.2) is 46.8 Å². The monoisotopic (exact) mass is 497 g/mol. The summed E-state index contributed by atoms with van der Waals surface area (Å²) in [5.74, 6) is 0.578. The van der Waals surface area contributed by atoms with Gasteiger partial charge in [-0.25, -0.2) is 4.79 Å². The molecule has 1 unspecified atom stereocenters. The number of nitrogens with one attached hydrogen (secondary N) is 3. The molecule has 1 fully saturated rings. The molecule has 1 aromatic carbocycles. The van der Waals surface area contributed by atoms with Crippen LogP contribution in [-0.2, 0) is 16.9 Å². The highest BCUT2D eigenvalue weighted by atomic mass is 28.3. The second-order valence-electron chi connectivity index (χ2n) is 12.3. The smallest absolute Gasteiger partial charge is 0.318 e. The maximum absolute atomic E-state index is 13.6. The number of aliphatic hydroxyl groups is 1. The van der Waals surface area contributed by atoms with Crippen molar-refractivity contribution >= 4 is 25.8 Å². The van der Waals surface area contributed by atoms with Crippen molar-refractivity contribution in [2.24, 2.45) is 5.41 Å². The summed E-state index contributed by atoms with van der Waals surface area (Å²) in [7, 11) is -1.67. The zero-order valence-electron chi connectivity index (χ0n) is 22.0. The van der Waals surface area contributed by atoms with Gasteiger partial charge in [-0.05, 0) is 32.3 Å². The van der Waals surface area contributed by atoms with Crippen molar-refractivity contribution in [2.75, 3.05) is 11.9 Å². The first-order valence-electron chi connectivity index (χ1n) is 12.4. The minimum absolute atomic E-state index is 0.0560. The highest BCUT2D eigenvalue weighted by molar-refractivity contribution is 6.83. The molecule has 3 amide bonds. The van der Waals surface area contributed by atoms with E-state index in [2.05, 4.69) is 40.5 Å². The summed E-state index contributed by atoms with van der Waals surface area (Å²) in [4.78, 5) is 28.6. The number of carbonyl (C=O) groups excluding carboxylic acids is 2. The molecule has 1 aliphatic heterocycles. The summed E-state index contributed by atoms with van der Waals surface area (Å²) in [5, 5.41) is 23.6. The molecule has 2 aliphatic rings. The molecule has 190 valence electrons. The average Bonchev–Trinajstić information content (AvgIpc) is 3.46. The summed E-state index contributed by atoms with van der Waals surface area (Å²) in [6, 6.07) is 9.11. The fourth-order valence-corrected chi connectivity index (χ4v) is 7.65. The molecule has 8 nitrogen and oxygen atoms in total. The Morgan fingerprint density at radius 3 is 2.37 bits per heavy atom. The Bertz CT molecular complexity index is 1120. The van der Waals surface area contributed by atoms with Gasteiger partial charge in [0.25, 0.3) is 0 Å². The number of hydrogen-bond donors (Lipinski definition) is 4. The highest BCUT2D eigenvalue weighted by Gasteiger charge is 2.59. The molecule has 4 rings (SSSR count). The van der Waals surface area contributed by atoms with E-state index in [0.29, 0.717) is 12.4 Å². The van der Waals surface area contributed by atoms with Crippen LogP contribution >= 0.6 is 0 Å². The summed E-state index contributed by atoms with van der Waals surface area (Å²) >= 11 is 0. The van der Waals surface area contributed by atoms with E-state index < -0.39 is 19.0 Å². The zero-order chi connectivity index (χ0) is 25.8. The van der Waals surface area contributed by atoms with Gasteiger partial charge in [0.05, 0.1) is 38.5 Å². The van der Waals surface area contributed by atoms with Crippen molar-refractivity contribution in [3.05, 3.63) is 47.2 Å². The van der Waals surface area contributed by atoms with Crippen LogP contribution in [0.3, 0.4) is 0 Å². The van der Waals surface area contributed by atoms with Gasteiger partial charge < -0.3 is 20.6 Å². The summed E-state index contributed by atoms with van der Waals surface area (Å²) in [6.45, 7) is 14.8. The molecule has 1 aromatic heterocycles. The molecule has 2 aromatic rings. The van der Waals surface area contributed by atoms with Gasteiger partial charge in [-0.2, -0.15) is 5.10 Å². The van der Waals surface area contributed by atoms with E-state index in [1.165, 1.54) is 0 Å². The normalized spacial score (nSPS) is 19.1. The van der Waals surface area contributed by atoms with E-state index in [0.717, 1.165) is 29.7 Å². The van der Waals surface area contributed by atoms with Crippen LogP contribution < -0.4 is 10.6 Å². The second kappa shape index (κ2) is 8.48. The van der Waals surface area contributed by atoms with Gasteiger partial charge in [0, 0.05) is 16.0 Å². The van der Waals surface area contributed by atoms with Crippen LogP contribution in [0.5, 0.6) is 0 Å². The minimum Gasteiger partial charge on any atom is -0.396 e. The van der Waals surface area contributed by atoms with Gasteiger partial charge in [-0.3, -0.25) is 9.89 Å². The summed E-state index contributed by atoms with van der Waals surface area (Å²) < 4.78 is 0. The number of aromatic nitrogens is 2. The van der Waals surface area contributed by atoms with Gasteiger partial charge in [0.2, 0.25) is 5.91 Å². The third-order valence-electron chi connectivity index (χ3n) is 8.16. The Morgan fingerprint density at radius 1 is 1.20 bits per heavy atom. The molecule has 0 radical (unpaired) electrons. The molecule has 4 N–H and O–H groups in total. The molecule has 1 saturated carbocycles. The van der Waals surface area contributed by atoms with Crippen LogP contribution in [0.2, 0.25) is 24.7 Å². The van der Waals surface area contributed by atoms with Crippen LogP contribution in [0.15, 0.2) is 30.3 Å². The van der Waals surface area contributed by atoms with Crippen LogP contribution in [0.4, 0.5) is 10.6 Å². The number of amides is 3. The number of anilines is 1. The highest BCUT2D eigenvalue weighted by Crippen LogP contribution is 2.61. The maximum atomic E-state index is 13.6. The van der Waals surface area contributed by atoms with Gasteiger partial charge in [-0.1, -0.05) is 63.8 Å². The van der Waals surface area contributed by atoms with Crippen molar-refractivity contribution in [3.8, 4) is 0 Å². The van der Waals surface area contributed by atoms with Crippen LogP contribution in [0.1, 0.15) is 63.4 Å². The first kappa shape index (κ1) is 25.4. The topological polar surface area (TPSA) is 110 Å². The zero-order valence-corrected chi connectivity index (χ0v) is 23.0. The summed E-state index contributed by atoms with van der Waals surface area (Å²) in [5.41, 5.74) is 1.41. The van der Waals surface area contributed by atoms with E-state index in [4.69, 9.17) is 0 Å². The number of H-pyrrole nitrogens is 1. The lowest BCUT2D eigenvalue weighted by molar-refractivity contribution is -0.117. The fraction of sp³-hybridized carbons (Fsp3) is 0.577. The number of aliphatic hydroxyl groups excluding tert-OH is 1. The molecular weight excluding hydrogens is 458 g/mol. The summed E-state index contributed by atoms with van der Waals surface area (Å²) in [6.07, 6.45) is 1.87. The third-order valence-corrected chi connectivity index (χ3v) is 11.8. The average molecular weight is 498 g/mol. The van der Waals surface area contributed by atoms with E-state index in [-0.39, 0.29) is 29.6 Å². The van der Waals surface area contributed by atoms with E-state index in [9.17, 15) is 14.7 Å². The molecule has 1 atom stereocenters. The Kier molecular flexibility index (Phi) is 6.16. The fourth-order valence-electron chi connectivity index (χ4n) is 5.28. The van der Waals surface area contributed by atoms with Gasteiger partial charge in [0.15, 0.2) is 5.82 Å². The van der Waals surface area contributed by atoms with E-state index in [1.54, 1.807) is 4.90 Å². The second-order valence-corrected chi connectivity index (χ2v) is 17.8. The lowest BCUT2D eigenvalue weighted by Crippen LogP contribution is -2.50. The quantitative estimate of drug-likeness (QED) is 0.414. The number of urea groups is 1. The minimum atomic E-state index is -1.67. The molecule has 0 spiro atoms. The van der Waals surface area contributed by atoms with Gasteiger partial charge in [-0.15, -0.1) is 0 Å². The largest absolute Gasteiger partial charge is 0.396 e. The first-order valence-corrected chi connectivity index (χ1v) is 15.9. The Hall–Kier alpha value is -2.65. The molecule has 35 heavy (non-hydrogen) atoms. The number of fused-ring (bicyclic) bond motifs is 1. The Labute approximate surface area is 208 Å². The first-order chi connectivity index (χ1) is 16.2. The Balaban J connectivity index is 1.56. The molecular formula is C26H39N5O3Si. The third kappa shape index (κ3) is 4.29. The van der Waals surface area contributed by atoms with Gasteiger partial charge >= 0.3 is 6.03 Å². The SMILES string of the molecule is CC(C)(CO)C(NC(=O)N1Cc2c(NC(=O)C3([Si](C)(C)C)CC3)n[nH]c2C1(C)C)c1ccccc1. The predicted octanol–water partition coefficient (Wildman–Crippen LogP) is 4.74. The number of rotatable bonds is 7. The molecule has 0 saturated heterocycles. The van der Waals surface area contributed by atoms with Crippen molar-refractivity contribution in [2.45, 2.75) is 83.3 Å². The molecule has 0 bridgehead atoms. The van der Waals surface area contributed by atoms with Crippen molar-refractivity contribution in [1.29, 1.82) is 0 Å². The van der Waals surface area contributed by atoms with Crippen molar-refractivity contribution in [1.82, 2.24) is 20.4 Å². The molecule has 1 aliphatic carbocycles. The lowest BCUT2D eigenvalue weighted by atomic mass is 9.81. The maximum Gasteiger partial charge on any atom is 0.318 e. The number of benzene rings is 1. The van der Waals surface area contributed by atoms with Crippen molar-refractivity contribution < 1.29 is 14.7 Å². The van der Waals surface area contributed by atoms with Crippen LogP contribution in [0.25, 0.3) is 0 Å². The van der Waals surface area contributed by atoms with E-state index >= 15 is 0 Å². The number of carbonyl (C=O) groups is 2. The number of nitrogens with zero attached hydrogens (tertiary/aromatic N) is 2. The number of hydrogen-bond acceptors (Lipinski definition) is 4. The van der Waals surface area contributed by atoms with Crippen molar-refractivity contribution in [3.63, 3.8) is 0 Å². The number of aromatic amines is 1. The van der Waals surface area contributed by atoms with E-state index in [1.807, 2.05) is 58.0 Å². The predicted molar refractivity (Wildman–Crippen MR) is 140 cm³/mol. The standard InChI is InChI=1S/C26H39N5O3Si/c1-24(2,16-32)19(17-11-9-8-10-12-17)27-23(34)31-15-18-20(25(31,3)4)29-30-21(18)28-22(33)26(13-14-26)35(5,6)7/h8-12,19,32H,13-16H2,1-7H3,(H,27,34)(H2,28,29,30,33). The Morgan fingerprint density at radius 2 is 1.83 bits per heavy atom. The van der Waals surface area contributed by atoms with Crippen LogP contribution in [0, 0.1) is 5.41 Å².